The topological polar surface area (TPSA) is 0 Å². The summed E-state index contributed by atoms with van der Waals surface area (Å²) in [6, 6.07) is 104. The van der Waals surface area contributed by atoms with Gasteiger partial charge >= 0.3 is 0 Å². The van der Waals surface area contributed by atoms with Crippen LogP contribution >= 0.6 is 0 Å². The Hall–Kier alpha value is -11.1. The van der Waals surface area contributed by atoms with Gasteiger partial charge in [0.1, 0.15) is 0 Å². The van der Waals surface area contributed by atoms with E-state index >= 15 is 0 Å². The van der Waals surface area contributed by atoms with Crippen molar-refractivity contribution in [3.63, 3.8) is 0 Å². The molecule has 0 fully saturated rings. The van der Waals surface area contributed by atoms with Crippen LogP contribution in [0.3, 0.4) is 0 Å². The molecule has 0 unspecified atom stereocenters. The minimum Gasteiger partial charge on any atom is -0.0538 e. The van der Waals surface area contributed by atoms with E-state index in [1.165, 1.54) is 66.8 Å². The van der Waals surface area contributed by atoms with Crippen LogP contribution in [0.1, 0.15) is 22.3 Å². The Kier molecular flexibility index (Phi) is 13.5. The second-order valence-electron chi connectivity index (χ2n) is 19.9. The van der Waals surface area contributed by atoms with Gasteiger partial charge in [-0.15, -0.1) is 0 Å². The van der Waals surface area contributed by atoms with Gasteiger partial charge < -0.3 is 0 Å². The second-order valence-corrected chi connectivity index (χ2v) is 19.9. The van der Waals surface area contributed by atoms with Gasteiger partial charge in [-0.25, -0.2) is 0 Å². The monoisotopic (exact) mass is 1010 g/mol. The Morgan fingerprint density at radius 2 is 0.175 bits per heavy atom. The average molecular weight is 1010 g/mol. The summed E-state index contributed by atoms with van der Waals surface area (Å²) in [5.41, 5.74) is 27.1. The summed E-state index contributed by atoms with van der Waals surface area (Å²) in [5.74, 6) is 25.1. The van der Waals surface area contributed by atoms with Crippen LogP contribution in [-0.4, -0.2) is 0 Å². The quantitative estimate of drug-likeness (QED) is 0.133. The first kappa shape index (κ1) is 48.5. The third-order valence-corrected chi connectivity index (χ3v) is 14.9. The molecule has 24 bridgehead atoms. The van der Waals surface area contributed by atoms with Gasteiger partial charge in [0.15, 0.2) is 0 Å². The highest BCUT2D eigenvalue weighted by atomic mass is 14.1. The van der Waals surface area contributed by atoms with E-state index in [9.17, 15) is 0 Å². The number of benzene rings is 12. The van der Waals surface area contributed by atoms with E-state index in [1.807, 2.05) is 0 Å². The summed E-state index contributed by atoms with van der Waals surface area (Å²) in [7, 11) is 0. The first-order valence-corrected chi connectivity index (χ1v) is 26.9. The molecule has 368 valence electrons. The van der Waals surface area contributed by atoms with Crippen LogP contribution in [0.15, 0.2) is 291 Å². The number of hydrogen-bond acceptors (Lipinski definition) is 0. The zero-order chi connectivity index (χ0) is 53.5. The summed E-state index contributed by atoms with van der Waals surface area (Å²) >= 11 is 0. The van der Waals surface area contributed by atoms with E-state index in [4.69, 9.17) is 0 Å². The second kappa shape index (κ2) is 22.2. The molecule has 0 aliphatic heterocycles. The Labute approximate surface area is 469 Å². The van der Waals surface area contributed by atoms with Crippen molar-refractivity contribution in [2.75, 3.05) is 0 Å². The molecule has 12 aromatic carbocycles. The largest absolute Gasteiger partial charge is 0.0538 e. The average Bonchev–Trinajstić information content (AvgIpc) is 3.54. The Morgan fingerprint density at radius 3 is 0.263 bits per heavy atom. The molecular weight excluding hydrogens is 961 g/mol. The van der Waals surface area contributed by atoms with Crippen molar-refractivity contribution < 1.29 is 0 Å². The first-order chi connectivity index (χ1) is 39.6. The van der Waals surface area contributed by atoms with Crippen molar-refractivity contribution >= 4 is 0 Å². The van der Waals surface area contributed by atoms with Crippen molar-refractivity contribution in [2.24, 2.45) is 0 Å². The van der Waals surface area contributed by atoms with Crippen LogP contribution in [0.5, 0.6) is 0 Å². The van der Waals surface area contributed by atoms with Crippen LogP contribution in [0.2, 0.25) is 0 Å². The molecule has 0 aromatic heterocycles. The van der Waals surface area contributed by atoms with Crippen LogP contribution in [0.4, 0.5) is 0 Å². The zero-order valence-electron chi connectivity index (χ0n) is 43.7. The predicted molar refractivity (Wildman–Crippen MR) is 335 cm³/mol. The van der Waals surface area contributed by atoms with Gasteiger partial charge in [-0.3, -0.25) is 0 Å². The molecule has 0 radical (unpaired) electrons. The van der Waals surface area contributed by atoms with E-state index in [0.717, 1.165) is 66.8 Å². The number of hydrogen-bond donors (Lipinski definition) is 0. The van der Waals surface area contributed by atoms with E-state index in [0.29, 0.717) is 0 Å². The smallest absolute Gasteiger partial charge is 0.0255 e. The lowest BCUT2D eigenvalue weighted by Crippen LogP contribution is -1.84. The van der Waals surface area contributed by atoms with Gasteiger partial charge in [-0.1, -0.05) is 266 Å². The molecule has 0 heteroatoms. The van der Waals surface area contributed by atoms with E-state index < -0.39 is 0 Å². The number of rotatable bonds is 0. The Morgan fingerprint density at radius 1 is 0.100 bits per heavy atom. The van der Waals surface area contributed by atoms with Crippen LogP contribution in [-0.2, 0) is 0 Å². The minimum atomic E-state index is 0.930. The minimum absolute atomic E-state index is 0.930. The lowest BCUT2D eigenvalue weighted by atomic mass is 9.96. The van der Waals surface area contributed by atoms with Gasteiger partial charge in [0.05, 0.1) is 0 Å². The van der Waals surface area contributed by atoms with Crippen molar-refractivity contribution in [1.29, 1.82) is 0 Å². The van der Waals surface area contributed by atoms with Crippen LogP contribution < -0.4 is 0 Å². The van der Waals surface area contributed by atoms with E-state index in [2.05, 4.69) is 339 Å². The zero-order valence-corrected chi connectivity index (χ0v) is 43.7. The summed E-state index contributed by atoms with van der Waals surface area (Å²) in [4.78, 5) is 0. The Balaban J connectivity index is 0.730. The van der Waals surface area contributed by atoms with E-state index in [1.54, 1.807) is 0 Å². The molecule has 0 amide bonds. The van der Waals surface area contributed by atoms with Gasteiger partial charge in [0.25, 0.3) is 0 Å². The highest BCUT2D eigenvalue weighted by Crippen LogP contribution is 2.33. The maximum atomic E-state index is 3.22. The molecular formula is C80H48. The molecule has 0 saturated carbocycles. The van der Waals surface area contributed by atoms with Gasteiger partial charge in [-0.05, 0) is 183 Å². The fraction of sp³-hybridized carbons (Fsp3) is 0. The molecule has 0 saturated heterocycles. The molecule has 0 heterocycles. The van der Waals surface area contributed by atoms with Crippen LogP contribution in [0, 0.1) is 47.4 Å². The Bertz CT molecular complexity index is 3830. The molecule has 12 aromatic rings. The molecule has 0 N–H and O–H groups in total. The van der Waals surface area contributed by atoms with Crippen LogP contribution in [0.25, 0.3) is 111 Å². The fourth-order valence-corrected chi connectivity index (χ4v) is 10.2. The predicted octanol–water partition coefficient (Wildman–Crippen LogP) is 19.5. The molecule has 31 rings (SSSR count). The van der Waals surface area contributed by atoms with Gasteiger partial charge in [0, 0.05) is 22.3 Å². The van der Waals surface area contributed by atoms with E-state index in [-0.39, 0.29) is 0 Å². The molecule has 80 heavy (non-hydrogen) atoms. The third kappa shape index (κ3) is 10.9. The van der Waals surface area contributed by atoms with Crippen molar-refractivity contribution in [2.45, 2.75) is 0 Å². The maximum absolute atomic E-state index is 3.22. The van der Waals surface area contributed by atoms with Crippen molar-refractivity contribution in [1.82, 2.24) is 0 Å². The third-order valence-electron chi connectivity index (χ3n) is 14.9. The van der Waals surface area contributed by atoms with Gasteiger partial charge in [0.2, 0.25) is 0 Å². The summed E-state index contributed by atoms with van der Waals surface area (Å²) in [6.07, 6.45) is 0. The molecule has 19 aliphatic carbocycles. The SMILES string of the molecule is C1#Cc2ccc(cc2)-c2ccc(cc2)-c2ccc(cc2)-c2ccc(cc2)-c2ccc(cc2)-c2ccc(cc2)C#CC#Cc2ccc(cc2)-c2ccc(cc2)-c2ccc(cc2)-c2ccc(cc2)-c2ccc(cc2)-c2ccc(cc2)C#C1. The lowest BCUT2D eigenvalue weighted by Gasteiger charge is -2.09. The molecule has 0 atom stereocenters. The maximum Gasteiger partial charge on any atom is 0.0255 e. The molecule has 0 nitrogen and oxygen atoms in total. The van der Waals surface area contributed by atoms with Crippen molar-refractivity contribution in [3.8, 4) is 159 Å². The summed E-state index contributed by atoms with van der Waals surface area (Å²) in [6.45, 7) is 0. The fourth-order valence-electron chi connectivity index (χ4n) is 10.2. The first-order valence-electron chi connectivity index (χ1n) is 26.9. The lowest BCUT2D eigenvalue weighted by molar-refractivity contribution is 1.56. The normalized spacial score (nSPS) is 11.0. The van der Waals surface area contributed by atoms with Crippen molar-refractivity contribution in [3.05, 3.63) is 313 Å². The standard InChI is InChI=1S/C80H48/c1-2-6-58-11-19-62(20-12-58)66-27-35-70(36-28-66)74-43-51-78(52-44-74)80-55-47-76(48-56-80)72-39-31-68(32-40-72)64-23-15-60(16-24-64)8-4-3-7-59-13-21-63(22-14-59)67-29-37-71(38-30-67)75-45-53-79(54-46-75)77-49-41-73(42-50-77)69-33-25-65(26-34-69)61-17-9-57(5-1)10-18-61/h9-56H. The highest BCUT2D eigenvalue weighted by molar-refractivity contribution is 5.79. The highest BCUT2D eigenvalue weighted by Gasteiger charge is 2.08. The molecule has 0 spiro atoms. The summed E-state index contributed by atoms with van der Waals surface area (Å²) in [5, 5.41) is 0. The molecule has 19 aliphatic rings. The summed E-state index contributed by atoms with van der Waals surface area (Å²) < 4.78 is 0. The van der Waals surface area contributed by atoms with Gasteiger partial charge in [-0.2, -0.15) is 0 Å².